The van der Waals surface area contributed by atoms with Crippen molar-refractivity contribution in [2.45, 2.75) is 51.7 Å². The molecule has 2 rings (SSSR count). The van der Waals surface area contributed by atoms with Crippen LogP contribution >= 0.6 is 0 Å². The van der Waals surface area contributed by atoms with Crippen molar-refractivity contribution in [3.05, 3.63) is 0 Å². The fourth-order valence-electron chi connectivity index (χ4n) is 2.65. The molecule has 0 bridgehead atoms. The van der Waals surface area contributed by atoms with Crippen molar-refractivity contribution in [2.24, 2.45) is 11.3 Å². The normalized spacial score (nSPS) is 35.0. The molecule has 2 aliphatic carbocycles. The highest BCUT2D eigenvalue weighted by Gasteiger charge is 2.65. The highest BCUT2D eigenvalue weighted by atomic mass is 16.6. The predicted molar refractivity (Wildman–Crippen MR) is 60.6 cm³/mol. The Hall–Kier alpha value is -1.26. The summed E-state index contributed by atoms with van der Waals surface area (Å²) in [5, 5.41) is 11.6. The Balaban J connectivity index is 1.72. The predicted octanol–water partition coefficient (Wildman–Crippen LogP) is 1.76. The monoisotopic (exact) mass is 241 g/mol. The zero-order chi connectivity index (χ0) is 12.8. The van der Waals surface area contributed by atoms with Crippen molar-refractivity contribution in [3.8, 4) is 0 Å². The van der Waals surface area contributed by atoms with Crippen molar-refractivity contribution in [1.82, 2.24) is 5.32 Å². The maximum Gasteiger partial charge on any atom is 0.407 e. The lowest BCUT2D eigenvalue weighted by atomic mass is 9.75. The first kappa shape index (κ1) is 12.2. The molecular weight excluding hydrogens is 222 g/mol. The van der Waals surface area contributed by atoms with Gasteiger partial charge in [0.05, 0.1) is 5.92 Å². The van der Waals surface area contributed by atoms with Crippen LogP contribution in [-0.4, -0.2) is 28.8 Å². The number of ether oxygens (including phenoxy) is 1. The van der Waals surface area contributed by atoms with Gasteiger partial charge >= 0.3 is 12.1 Å². The molecule has 1 atom stereocenters. The average Bonchev–Trinajstić information content (AvgIpc) is 2.74. The largest absolute Gasteiger partial charge is 0.481 e. The molecule has 5 nitrogen and oxygen atoms in total. The summed E-state index contributed by atoms with van der Waals surface area (Å²) in [5.41, 5.74) is -0.514. The third kappa shape index (κ3) is 2.53. The van der Waals surface area contributed by atoms with Gasteiger partial charge in [-0.05, 0) is 45.4 Å². The van der Waals surface area contributed by atoms with Gasteiger partial charge in [-0.3, -0.25) is 4.79 Å². The summed E-state index contributed by atoms with van der Waals surface area (Å²) < 4.78 is 5.14. The SMILES string of the molecule is CC(C)(C)OC(=O)NC1CC2(C1)C[C@@H]2C(=O)O. The number of carbonyl (C=O) groups is 2. The molecule has 2 saturated carbocycles. The molecule has 0 radical (unpaired) electrons. The summed E-state index contributed by atoms with van der Waals surface area (Å²) in [6, 6.07) is 0.0780. The fourth-order valence-corrected chi connectivity index (χ4v) is 2.65. The lowest BCUT2D eigenvalue weighted by Crippen LogP contribution is -2.48. The molecule has 1 spiro atoms. The van der Waals surface area contributed by atoms with Crippen molar-refractivity contribution in [1.29, 1.82) is 0 Å². The van der Waals surface area contributed by atoms with Crippen molar-refractivity contribution in [2.75, 3.05) is 0 Å². The van der Waals surface area contributed by atoms with Crippen molar-refractivity contribution >= 4 is 12.1 Å². The van der Waals surface area contributed by atoms with E-state index in [9.17, 15) is 9.59 Å². The first-order valence-corrected chi connectivity index (χ1v) is 5.94. The Morgan fingerprint density at radius 1 is 1.29 bits per heavy atom. The van der Waals surface area contributed by atoms with Gasteiger partial charge in [0.15, 0.2) is 0 Å². The van der Waals surface area contributed by atoms with E-state index in [0.29, 0.717) is 0 Å². The zero-order valence-corrected chi connectivity index (χ0v) is 10.4. The standard InChI is InChI=1S/C12H19NO4/c1-11(2,3)17-10(16)13-7-4-12(5-7)6-8(12)9(14)15/h7-8H,4-6H2,1-3H3,(H,13,16)(H,14,15)/t7?,8-,12?/m1/s1. The lowest BCUT2D eigenvalue weighted by molar-refractivity contribution is -0.140. The number of carboxylic acids is 1. The minimum atomic E-state index is -0.708. The van der Waals surface area contributed by atoms with E-state index in [2.05, 4.69) is 5.32 Å². The molecule has 2 N–H and O–H groups in total. The average molecular weight is 241 g/mol. The van der Waals surface area contributed by atoms with Gasteiger partial charge in [0.25, 0.3) is 0 Å². The number of rotatable bonds is 2. The smallest absolute Gasteiger partial charge is 0.407 e. The van der Waals surface area contributed by atoms with Crippen molar-refractivity contribution in [3.63, 3.8) is 0 Å². The van der Waals surface area contributed by atoms with Crippen LogP contribution in [0.4, 0.5) is 4.79 Å². The van der Waals surface area contributed by atoms with Gasteiger partial charge in [-0.15, -0.1) is 0 Å². The first-order chi connectivity index (χ1) is 7.72. The fraction of sp³-hybridized carbons (Fsp3) is 0.833. The Morgan fingerprint density at radius 3 is 2.29 bits per heavy atom. The van der Waals surface area contributed by atoms with Gasteiger partial charge in [-0.2, -0.15) is 0 Å². The minimum absolute atomic E-state index is 0.0223. The van der Waals surface area contributed by atoms with Crippen LogP contribution in [0, 0.1) is 11.3 Å². The molecule has 0 saturated heterocycles. The number of hydrogen-bond donors (Lipinski definition) is 2. The van der Waals surface area contributed by atoms with Gasteiger partial charge in [0, 0.05) is 6.04 Å². The highest BCUT2D eigenvalue weighted by molar-refractivity contribution is 5.75. The molecule has 17 heavy (non-hydrogen) atoms. The molecule has 0 aliphatic heterocycles. The molecule has 1 amide bonds. The number of carboxylic acid groups (broad SMARTS) is 1. The van der Waals surface area contributed by atoms with E-state index in [-0.39, 0.29) is 17.4 Å². The second-order valence-corrected chi connectivity index (χ2v) is 6.21. The van der Waals surface area contributed by atoms with Crippen LogP contribution in [0.2, 0.25) is 0 Å². The molecule has 2 aliphatic rings. The number of carbonyl (C=O) groups excluding carboxylic acids is 1. The first-order valence-electron chi connectivity index (χ1n) is 5.94. The van der Waals surface area contributed by atoms with E-state index in [0.717, 1.165) is 19.3 Å². The number of nitrogens with one attached hydrogen (secondary N) is 1. The van der Waals surface area contributed by atoms with E-state index in [4.69, 9.17) is 9.84 Å². The van der Waals surface area contributed by atoms with Crippen molar-refractivity contribution < 1.29 is 19.4 Å². The topological polar surface area (TPSA) is 75.6 Å². The molecule has 0 heterocycles. The number of amides is 1. The quantitative estimate of drug-likeness (QED) is 0.772. The molecule has 0 aromatic rings. The summed E-state index contributed by atoms with van der Waals surface area (Å²) in [4.78, 5) is 22.2. The van der Waals surface area contributed by atoms with Crippen LogP contribution in [0.15, 0.2) is 0 Å². The number of aliphatic carboxylic acids is 1. The Morgan fingerprint density at radius 2 is 1.88 bits per heavy atom. The van der Waals surface area contributed by atoms with E-state index in [1.54, 1.807) is 0 Å². The lowest BCUT2D eigenvalue weighted by Gasteiger charge is -2.37. The summed E-state index contributed by atoms with van der Waals surface area (Å²) in [6.45, 7) is 5.45. The Bertz CT molecular complexity index is 352. The van der Waals surface area contributed by atoms with E-state index < -0.39 is 17.7 Å². The van der Waals surface area contributed by atoms with Crippen LogP contribution in [-0.2, 0) is 9.53 Å². The summed E-state index contributed by atoms with van der Waals surface area (Å²) >= 11 is 0. The zero-order valence-electron chi connectivity index (χ0n) is 10.4. The molecule has 0 unspecified atom stereocenters. The minimum Gasteiger partial charge on any atom is -0.481 e. The maximum atomic E-state index is 11.5. The second kappa shape index (κ2) is 3.62. The number of hydrogen-bond acceptors (Lipinski definition) is 3. The summed E-state index contributed by atoms with van der Waals surface area (Å²) in [7, 11) is 0. The second-order valence-electron chi connectivity index (χ2n) is 6.21. The maximum absolute atomic E-state index is 11.5. The molecule has 0 aromatic heterocycles. The highest BCUT2D eigenvalue weighted by Crippen LogP contribution is 2.65. The Labute approximate surface area is 101 Å². The Kier molecular flexibility index (Phi) is 2.60. The van der Waals surface area contributed by atoms with Crippen LogP contribution in [0.3, 0.4) is 0 Å². The molecule has 2 fully saturated rings. The van der Waals surface area contributed by atoms with Gasteiger partial charge in [-0.1, -0.05) is 0 Å². The van der Waals surface area contributed by atoms with Gasteiger partial charge in [0.1, 0.15) is 5.60 Å². The third-order valence-electron chi connectivity index (χ3n) is 3.51. The molecule has 5 heteroatoms. The summed E-state index contributed by atoms with van der Waals surface area (Å²) in [6.07, 6.45) is 1.88. The molecule has 0 aromatic carbocycles. The van der Waals surface area contributed by atoms with Crippen LogP contribution in [0.25, 0.3) is 0 Å². The van der Waals surface area contributed by atoms with Crippen LogP contribution in [0.5, 0.6) is 0 Å². The van der Waals surface area contributed by atoms with Crippen LogP contribution < -0.4 is 5.32 Å². The van der Waals surface area contributed by atoms with E-state index in [1.807, 2.05) is 20.8 Å². The molecule has 96 valence electrons. The number of alkyl carbamates (subject to hydrolysis) is 1. The molecular formula is C12H19NO4. The van der Waals surface area contributed by atoms with Gasteiger partial charge < -0.3 is 15.2 Å². The van der Waals surface area contributed by atoms with E-state index >= 15 is 0 Å². The van der Waals surface area contributed by atoms with E-state index in [1.165, 1.54) is 0 Å². The van der Waals surface area contributed by atoms with Gasteiger partial charge in [0.2, 0.25) is 0 Å². The van der Waals surface area contributed by atoms with Gasteiger partial charge in [-0.25, -0.2) is 4.79 Å². The summed E-state index contributed by atoms with van der Waals surface area (Å²) in [5.74, 6) is -0.903. The van der Waals surface area contributed by atoms with Crippen LogP contribution in [0.1, 0.15) is 40.0 Å². The third-order valence-corrected chi connectivity index (χ3v) is 3.51.